The molecule has 0 aromatic rings. The van der Waals surface area contributed by atoms with Gasteiger partial charge in [0.05, 0.1) is 52.7 Å². The van der Waals surface area contributed by atoms with Crippen molar-refractivity contribution in [3.8, 4) is 0 Å². The maximum Gasteiger partial charge on any atom is 0.224 e. The fourth-order valence-corrected chi connectivity index (χ4v) is 2.30. The molecule has 0 aliphatic heterocycles. The molecule has 28 heavy (non-hydrogen) atoms. The minimum Gasteiger partial charge on any atom is -0.382 e. The van der Waals surface area contributed by atoms with E-state index >= 15 is 0 Å². The molecule has 0 aromatic heterocycles. The van der Waals surface area contributed by atoms with Crippen LogP contribution in [0.25, 0.3) is 0 Å². The Kier molecular flexibility index (Phi) is 14.8. The zero-order chi connectivity index (χ0) is 21.5. The van der Waals surface area contributed by atoms with E-state index in [4.69, 9.17) is 18.9 Å². The highest BCUT2D eigenvalue weighted by Gasteiger charge is 2.20. The molecule has 0 heterocycles. The summed E-state index contributed by atoms with van der Waals surface area (Å²) in [4.78, 5) is 14.6. The summed E-state index contributed by atoms with van der Waals surface area (Å²) in [5.41, 5.74) is 0.447. The molecule has 6 nitrogen and oxygen atoms in total. The lowest BCUT2D eigenvalue weighted by atomic mass is 9.90. The standard InChI is InChI=1S/C22H45NO5/c1-21(2,3)9-11-23(12-10-22(4,5)6)20(24)8-13-26-16-17-28-19-18-27-15-14-25-7/h8-19H2,1-7H3. The normalized spacial score (nSPS) is 12.4. The van der Waals surface area contributed by atoms with Crippen LogP contribution in [0.3, 0.4) is 0 Å². The lowest BCUT2D eigenvalue weighted by molar-refractivity contribution is -0.133. The van der Waals surface area contributed by atoms with Crippen LogP contribution in [0.1, 0.15) is 60.8 Å². The van der Waals surface area contributed by atoms with Crippen LogP contribution in [0.15, 0.2) is 0 Å². The van der Waals surface area contributed by atoms with E-state index in [0.717, 1.165) is 25.9 Å². The van der Waals surface area contributed by atoms with Gasteiger partial charge in [0.15, 0.2) is 0 Å². The van der Waals surface area contributed by atoms with Gasteiger partial charge in [0.1, 0.15) is 0 Å². The molecular weight excluding hydrogens is 358 g/mol. The van der Waals surface area contributed by atoms with Crippen molar-refractivity contribution in [2.75, 3.05) is 66.4 Å². The van der Waals surface area contributed by atoms with Gasteiger partial charge in [0, 0.05) is 20.2 Å². The lowest BCUT2D eigenvalue weighted by Gasteiger charge is -2.29. The Morgan fingerprint density at radius 2 is 1.07 bits per heavy atom. The fraction of sp³-hybridized carbons (Fsp3) is 0.955. The van der Waals surface area contributed by atoms with Crippen molar-refractivity contribution < 1.29 is 23.7 Å². The van der Waals surface area contributed by atoms with Gasteiger partial charge in [-0.3, -0.25) is 4.79 Å². The molecular formula is C22H45NO5. The summed E-state index contributed by atoms with van der Waals surface area (Å²) in [6.45, 7) is 18.6. The van der Waals surface area contributed by atoms with E-state index in [2.05, 4.69) is 41.5 Å². The number of rotatable bonds is 16. The van der Waals surface area contributed by atoms with Crippen molar-refractivity contribution in [2.24, 2.45) is 10.8 Å². The maximum atomic E-state index is 12.6. The van der Waals surface area contributed by atoms with Crippen molar-refractivity contribution in [1.82, 2.24) is 4.90 Å². The van der Waals surface area contributed by atoms with Crippen molar-refractivity contribution in [3.63, 3.8) is 0 Å². The monoisotopic (exact) mass is 403 g/mol. The summed E-state index contributed by atoms with van der Waals surface area (Å²) in [6.07, 6.45) is 2.43. The fourth-order valence-electron chi connectivity index (χ4n) is 2.30. The highest BCUT2D eigenvalue weighted by atomic mass is 16.6. The number of methoxy groups -OCH3 is 1. The van der Waals surface area contributed by atoms with Gasteiger partial charge in [-0.1, -0.05) is 41.5 Å². The molecule has 0 aliphatic rings. The Bertz CT molecular complexity index is 369. The number of carbonyl (C=O) groups is 1. The first-order chi connectivity index (χ1) is 13.0. The van der Waals surface area contributed by atoms with Crippen molar-refractivity contribution in [2.45, 2.75) is 60.8 Å². The smallest absolute Gasteiger partial charge is 0.224 e. The highest BCUT2D eigenvalue weighted by Crippen LogP contribution is 2.22. The molecule has 6 heteroatoms. The third-order valence-corrected chi connectivity index (χ3v) is 4.25. The summed E-state index contributed by atoms with van der Waals surface area (Å²) in [5, 5.41) is 0. The summed E-state index contributed by atoms with van der Waals surface area (Å²) < 4.78 is 21.2. The lowest BCUT2D eigenvalue weighted by Crippen LogP contribution is -2.36. The quantitative estimate of drug-likeness (QED) is 0.367. The van der Waals surface area contributed by atoms with Gasteiger partial charge in [0.2, 0.25) is 5.91 Å². The van der Waals surface area contributed by atoms with Gasteiger partial charge in [-0.2, -0.15) is 0 Å². The molecule has 0 bridgehead atoms. The van der Waals surface area contributed by atoms with Gasteiger partial charge >= 0.3 is 0 Å². The van der Waals surface area contributed by atoms with E-state index in [1.807, 2.05) is 4.90 Å². The van der Waals surface area contributed by atoms with Gasteiger partial charge in [0.25, 0.3) is 0 Å². The third-order valence-electron chi connectivity index (χ3n) is 4.25. The Morgan fingerprint density at radius 1 is 0.679 bits per heavy atom. The van der Waals surface area contributed by atoms with Crippen LogP contribution in [0.4, 0.5) is 0 Å². The van der Waals surface area contributed by atoms with Gasteiger partial charge < -0.3 is 23.8 Å². The SMILES string of the molecule is COCCOCCOCCOCCC(=O)N(CCC(C)(C)C)CCC(C)(C)C. The number of carbonyl (C=O) groups excluding carboxylic acids is 1. The first kappa shape index (κ1) is 27.3. The highest BCUT2D eigenvalue weighted by molar-refractivity contribution is 5.76. The molecule has 0 unspecified atom stereocenters. The molecule has 0 aliphatic carbocycles. The zero-order valence-electron chi connectivity index (χ0n) is 19.5. The molecule has 0 N–H and O–H groups in total. The Balaban J connectivity index is 3.96. The van der Waals surface area contributed by atoms with E-state index in [1.54, 1.807) is 7.11 Å². The number of nitrogens with zero attached hydrogens (tertiary/aromatic N) is 1. The number of hydrogen-bond acceptors (Lipinski definition) is 5. The van der Waals surface area contributed by atoms with E-state index in [9.17, 15) is 4.79 Å². The molecule has 0 aromatic carbocycles. The Labute approximate surface area is 173 Å². The Morgan fingerprint density at radius 3 is 1.46 bits per heavy atom. The van der Waals surface area contributed by atoms with Gasteiger partial charge in [-0.25, -0.2) is 0 Å². The molecule has 1 amide bonds. The van der Waals surface area contributed by atoms with Crippen LogP contribution >= 0.6 is 0 Å². The summed E-state index contributed by atoms with van der Waals surface area (Å²) >= 11 is 0. The van der Waals surface area contributed by atoms with E-state index in [1.165, 1.54) is 0 Å². The molecule has 0 saturated heterocycles. The minimum atomic E-state index is 0.181. The average molecular weight is 404 g/mol. The topological polar surface area (TPSA) is 57.2 Å². The number of hydrogen-bond donors (Lipinski definition) is 0. The van der Waals surface area contributed by atoms with Crippen molar-refractivity contribution in [1.29, 1.82) is 0 Å². The van der Waals surface area contributed by atoms with Gasteiger partial charge in [-0.05, 0) is 23.7 Å². The number of ether oxygens (including phenoxy) is 4. The molecule has 0 spiro atoms. The molecule has 0 saturated carbocycles. The van der Waals surface area contributed by atoms with E-state index in [-0.39, 0.29) is 16.7 Å². The number of amides is 1. The average Bonchev–Trinajstić information content (AvgIpc) is 2.57. The minimum absolute atomic E-state index is 0.181. The first-order valence-electron chi connectivity index (χ1n) is 10.5. The first-order valence-corrected chi connectivity index (χ1v) is 10.5. The van der Waals surface area contributed by atoms with E-state index in [0.29, 0.717) is 52.7 Å². The molecule has 0 radical (unpaired) electrons. The second kappa shape index (κ2) is 15.2. The van der Waals surface area contributed by atoms with Crippen LogP contribution in [-0.2, 0) is 23.7 Å². The van der Waals surface area contributed by atoms with Crippen LogP contribution in [0.2, 0.25) is 0 Å². The second-order valence-electron chi connectivity index (χ2n) is 9.58. The van der Waals surface area contributed by atoms with Gasteiger partial charge in [-0.15, -0.1) is 0 Å². The molecule has 0 fully saturated rings. The molecule has 168 valence electrons. The third kappa shape index (κ3) is 18.7. The van der Waals surface area contributed by atoms with Crippen LogP contribution in [-0.4, -0.2) is 77.3 Å². The van der Waals surface area contributed by atoms with Crippen molar-refractivity contribution in [3.05, 3.63) is 0 Å². The predicted octanol–water partition coefficient (Wildman–Crippen LogP) is 3.77. The zero-order valence-corrected chi connectivity index (χ0v) is 19.5. The maximum absolute atomic E-state index is 12.6. The summed E-state index contributed by atoms with van der Waals surface area (Å²) in [5.74, 6) is 0.181. The Hall–Kier alpha value is -0.690. The summed E-state index contributed by atoms with van der Waals surface area (Å²) in [7, 11) is 1.65. The second-order valence-corrected chi connectivity index (χ2v) is 9.58. The van der Waals surface area contributed by atoms with Crippen molar-refractivity contribution >= 4 is 5.91 Å². The van der Waals surface area contributed by atoms with Crippen LogP contribution in [0.5, 0.6) is 0 Å². The molecule has 0 rings (SSSR count). The van der Waals surface area contributed by atoms with E-state index < -0.39 is 0 Å². The largest absolute Gasteiger partial charge is 0.382 e. The summed E-state index contributed by atoms with van der Waals surface area (Å²) in [6, 6.07) is 0. The van der Waals surface area contributed by atoms with Crippen LogP contribution in [0, 0.1) is 10.8 Å². The predicted molar refractivity (Wildman–Crippen MR) is 114 cm³/mol. The van der Waals surface area contributed by atoms with Crippen LogP contribution < -0.4 is 0 Å². The molecule has 0 atom stereocenters.